The lowest BCUT2D eigenvalue weighted by molar-refractivity contribution is -0.117. The standard InChI is InChI=1S/C17H13N3O3S/c18-10-14(17(21)19-11-12-6-2-1-3-7-12)16-13-8-4-5-9-15(13)24(22,23)20-16/h1-9,20H,11H2,(H,19,21). The van der Waals surface area contributed by atoms with Gasteiger partial charge < -0.3 is 5.32 Å². The topological polar surface area (TPSA) is 99.1 Å². The van der Waals surface area contributed by atoms with Crippen LogP contribution >= 0.6 is 0 Å². The summed E-state index contributed by atoms with van der Waals surface area (Å²) in [6.45, 7) is 0.243. The third-order valence-electron chi connectivity index (χ3n) is 3.57. The minimum atomic E-state index is -3.75. The van der Waals surface area contributed by atoms with Crippen molar-refractivity contribution in [1.29, 1.82) is 5.26 Å². The second kappa shape index (κ2) is 6.18. The predicted molar refractivity (Wildman–Crippen MR) is 87.6 cm³/mol. The Labute approximate surface area is 139 Å². The van der Waals surface area contributed by atoms with E-state index in [9.17, 15) is 18.5 Å². The van der Waals surface area contributed by atoms with Gasteiger partial charge in [-0.1, -0.05) is 48.5 Å². The molecule has 0 aliphatic carbocycles. The van der Waals surface area contributed by atoms with Crippen LogP contribution in [-0.4, -0.2) is 14.3 Å². The van der Waals surface area contributed by atoms with Gasteiger partial charge in [0, 0.05) is 12.1 Å². The number of nitrogens with one attached hydrogen (secondary N) is 2. The zero-order chi connectivity index (χ0) is 17.2. The summed E-state index contributed by atoms with van der Waals surface area (Å²) in [4.78, 5) is 12.4. The van der Waals surface area contributed by atoms with E-state index in [0.717, 1.165) is 5.56 Å². The highest BCUT2D eigenvalue weighted by atomic mass is 32.2. The van der Waals surface area contributed by atoms with Gasteiger partial charge in [-0.2, -0.15) is 5.26 Å². The van der Waals surface area contributed by atoms with Crippen molar-refractivity contribution in [2.75, 3.05) is 0 Å². The maximum absolute atomic E-state index is 12.3. The molecule has 1 aliphatic heterocycles. The summed E-state index contributed by atoms with van der Waals surface area (Å²) in [5, 5.41) is 12.0. The molecule has 0 radical (unpaired) electrons. The number of fused-ring (bicyclic) bond motifs is 1. The first-order valence-corrected chi connectivity index (χ1v) is 8.60. The molecule has 1 amide bonds. The van der Waals surface area contributed by atoms with Crippen molar-refractivity contribution in [1.82, 2.24) is 10.0 Å². The number of carbonyl (C=O) groups is 1. The van der Waals surface area contributed by atoms with Gasteiger partial charge in [-0.3, -0.25) is 9.52 Å². The molecule has 2 aromatic carbocycles. The molecule has 0 saturated heterocycles. The smallest absolute Gasteiger partial charge is 0.264 e. The number of benzene rings is 2. The van der Waals surface area contributed by atoms with Crippen molar-refractivity contribution < 1.29 is 13.2 Å². The molecule has 120 valence electrons. The van der Waals surface area contributed by atoms with Crippen molar-refractivity contribution in [3.05, 3.63) is 71.3 Å². The molecule has 0 bridgehead atoms. The quantitative estimate of drug-likeness (QED) is 0.654. The Balaban J connectivity index is 1.93. The molecule has 2 aromatic rings. The molecular formula is C17H13N3O3S. The van der Waals surface area contributed by atoms with Gasteiger partial charge in [-0.25, -0.2) is 8.42 Å². The number of hydrogen-bond donors (Lipinski definition) is 2. The number of sulfonamides is 1. The molecular weight excluding hydrogens is 326 g/mol. The van der Waals surface area contributed by atoms with Gasteiger partial charge in [0.25, 0.3) is 15.9 Å². The van der Waals surface area contributed by atoms with Crippen molar-refractivity contribution in [3.8, 4) is 6.07 Å². The van der Waals surface area contributed by atoms with Crippen LogP contribution in [0.2, 0.25) is 0 Å². The molecule has 0 spiro atoms. The van der Waals surface area contributed by atoms with Crippen molar-refractivity contribution in [2.45, 2.75) is 11.4 Å². The lowest BCUT2D eigenvalue weighted by atomic mass is 10.1. The third kappa shape index (κ3) is 2.87. The summed E-state index contributed by atoms with van der Waals surface area (Å²) >= 11 is 0. The predicted octanol–water partition coefficient (Wildman–Crippen LogP) is 1.53. The molecule has 0 saturated carbocycles. The molecule has 2 N–H and O–H groups in total. The lowest BCUT2D eigenvalue weighted by Gasteiger charge is -2.07. The summed E-state index contributed by atoms with van der Waals surface area (Å²) in [6, 6.07) is 17.2. The summed E-state index contributed by atoms with van der Waals surface area (Å²) < 4.78 is 26.5. The van der Waals surface area contributed by atoms with E-state index in [1.807, 2.05) is 30.3 Å². The largest absolute Gasteiger partial charge is 0.347 e. The van der Waals surface area contributed by atoms with Crippen LogP contribution in [0, 0.1) is 11.3 Å². The molecule has 0 fully saturated rings. The van der Waals surface area contributed by atoms with Crippen LogP contribution in [0.25, 0.3) is 5.70 Å². The number of amides is 1. The van der Waals surface area contributed by atoms with E-state index in [-0.39, 0.29) is 22.7 Å². The second-order valence-electron chi connectivity index (χ2n) is 5.13. The van der Waals surface area contributed by atoms with Gasteiger partial charge in [0.1, 0.15) is 11.6 Å². The Morgan fingerprint density at radius 1 is 1.08 bits per heavy atom. The first kappa shape index (κ1) is 15.8. The Bertz CT molecular complexity index is 974. The van der Waals surface area contributed by atoms with E-state index in [1.54, 1.807) is 24.3 Å². The number of hydrogen-bond acceptors (Lipinski definition) is 4. The molecule has 7 heteroatoms. The van der Waals surface area contributed by atoms with Crippen molar-refractivity contribution in [3.63, 3.8) is 0 Å². The Morgan fingerprint density at radius 2 is 1.75 bits per heavy atom. The SMILES string of the molecule is N#CC(C(=O)NCc1ccccc1)=C1NS(=O)(=O)c2ccccc21. The number of nitrogens with zero attached hydrogens (tertiary/aromatic N) is 1. The monoisotopic (exact) mass is 339 g/mol. The summed E-state index contributed by atoms with van der Waals surface area (Å²) in [5.74, 6) is -0.629. The third-order valence-corrected chi connectivity index (χ3v) is 4.97. The van der Waals surface area contributed by atoms with Gasteiger partial charge >= 0.3 is 0 Å². The van der Waals surface area contributed by atoms with Gasteiger partial charge in [-0.15, -0.1) is 0 Å². The van der Waals surface area contributed by atoms with E-state index in [2.05, 4.69) is 10.0 Å². The Kier molecular flexibility index (Phi) is 4.06. The minimum absolute atomic E-state index is 0.0126. The number of nitriles is 1. The van der Waals surface area contributed by atoms with Crippen LogP contribution < -0.4 is 10.0 Å². The Hall–Kier alpha value is -3.11. The maximum Gasteiger partial charge on any atom is 0.264 e. The molecule has 1 heterocycles. The molecule has 0 atom stereocenters. The van der Waals surface area contributed by atoms with Gasteiger partial charge in [0.2, 0.25) is 0 Å². The highest BCUT2D eigenvalue weighted by molar-refractivity contribution is 7.90. The van der Waals surface area contributed by atoms with Crippen LogP contribution in [0.4, 0.5) is 0 Å². The van der Waals surface area contributed by atoms with Crippen molar-refractivity contribution in [2.24, 2.45) is 0 Å². The summed E-state index contributed by atoms with van der Waals surface area (Å²) in [7, 11) is -3.75. The Morgan fingerprint density at radius 3 is 2.46 bits per heavy atom. The second-order valence-corrected chi connectivity index (χ2v) is 6.78. The van der Waals surface area contributed by atoms with E-state index in [4.69, 9.17) is 0 Å². The molecule has 1 aliphatic rings. The minimum Gasteiger partial charge on any atom is -0.347 e. The number of rotatable bonds is 3. The van der Waals surface area contributed by atoms with E-state index < -0.39 is 15.9 Å². The zero-order valence-corrected chi connectivity index (χ0v) is 13.3. The van der Waals surface area contributed by atoms with Crippen LogP contribution in [-0.2, 0) is 21.4 Å². The van der Waals surface area contributed by atoms with E-state index >= 15 is 0 Å². The fraction of sp³-hybridized carbons (Fsp3) is 0.0588. The van der Waals surface area contributed by atoms with E-state index in [1.165, 1.54) is 6.07 Å². The zero-order valence-electron chi connectivity index (χ0n) is 12.5. The summed E-state index contributed by atoms with van der Waals surface area (Å²) in [6.07, 6.45) is 0. The summed E-state index contributed by atoms with van der Waals surface area (Å²) in [5.41, 5.74) is 0.947. The van der Waals surface area contributed by atoms with E-state index in [0.29, 0.717) is 5.56 Å². The fourth-order valence-corrected chi connectivity index (χ4v) is 3.73. The first-order valence-electron chi connectivity index (χ1n) is 7.11. The average molecular weight is 339 g/mol. The van der Waals surface area contributed by atoms with Gasteiger partial charge in [0.05, 0.1) is 10.6 Å². The lowest BCUT2D eigenvalue weighted by Crippen LogP contribution is -2.26. The molecule has 6 nitrogen and oxygen atoms in total. The highest BCUT2D eigenvalue weighted by Gasteiger charge is 2.33. The van der Waals surface area contributed by atoms with Gasteiger partial charge in [-0.05, 0) is 11.6 Å². The molecule has 0 unspecified atom stereocenters. The molecule has 24 heavy (non-hydrogen) atoms. The van der Waals surface area contributed by atoms with Gasteiger partial charge in [0.15, 0.2) is 0 Å². The first-order chi connectivity index (χ1) is 11.5. The van der Waals surface area contributed by atoms with Crippen LogP contribution in [0.1, 0.15) is 11.1 Å². The fourth-order valence-electron chi connectivity index (χ4n) is 2.42. The molecule has 0 aromatic heterocycles. The maximum atomic E-state index is 12.3. The van der Waals surface area contributed by atoms with Crippen LogP contribution in [0.15, 0.2) is 65.1 Å². The normalized spacial score (nSPS) is 16.5. The number of carbonyl (C=O) groups excluding carboxylic acids is 1. The van der Waals surface area contributed by atoms with Crippen LogP contribution in [0.5, 0.6) is 0 Å². The van der Waals surface area contributed by atoms with Crippen molar-refractivity contribution >= 4 is 21.6 Å². The highest BCUT2D eigenvalue weighted by Crippen LogP contribution is 2.31. The molecule has 3 rings (SSSR count). The average Bonchev–Trinajstić information content (AvgIpc) is 2.86. The van der Waals surface area contributed by atoms with Crippen LogP contribution in [0.3, 0.4) is 0 Å².